The second-order valence-electron chi connectivity index (χ2n) is 5.97. The molecule has 0 fully saturated rings. The molecule has 1 aliphatic heterocycles. The first kappa shape index (κ1) is 15.6. The van der Waals surface area contributed by atoms with E-state index in [1.165, 1.54) is 0 Å². The summed E-state index contributed by atoms with van der Waals surface area (Å²) in [7, 11) is 0. The maximum absolute atomic E-state index is 12.7. The van der Waals surface area contributed by atoms with Crippen molar-refractivity contribution in [2.45, 2.75) is 19.9 Å². The lowest BCUT2D eigenvalue weighted by Crippen LogP contribution is -2.36. The fourth-order valence-corrected chi connectivity index (χ4v) is 3.76. The predicted molar refractivity (Wildman–Crippen MR) is 98.2 cm³/mol. The molecule has 0 aliphatic carbocycles. The number of amides is 1. The highest BCUT2D eigenvalue weighted by molar-refractivity contribution is 7.21. The Bertz CT molecular complexity index is 999. The molecular formula is C18H17N5OS. The molecule has 0 saturated heterocycles. The van der Waals surface area contributed by atoms with Gasteiger partial charge in [0.05, 0.1) is 22.7 Å². The Morgan fingerprint density at radius 1 is 1.36 bits per heavy atom. The summed E-state index contributed by atoms with van der Waals surface area (Å²) in [6.07, 6.45) is 11.0. The number of hydrogen-bond donors (Lipinski definition) is 2. The van der Waals surface area contributed by atoms with Crippen molar-refractivity contribution in [2.75, 3.05) is 0 Å². The number of pyridine rings is 1. The zero-order valence-electron chi connectivity index (χ0n) is 13.9. The van der Waals surface area contributed by atoms with Crippen LogP contribution in [0.15, 0.2) is 60.5 Å². The highest BCUT2D eigenvalue weighted by Gasteiger charge is 2.19. The number of nitrogens with one attached hydrogen (secondary N) is 2. The Kier molecular flexibility index (Phi) is 3.85. The van der Waals surface area contributed by atoms with Gasteiger partial charge in [0.25, 0.3) is 5.91 Å². The van der Waals surface area contributed by atoms with Gasteiger partial charge in [0, 0.05) is 24.3 Å². The number of fused-ring (bicyclic) bond motifs is 1. The van der Waals surface area contributed by atoms with E-state index in [2.05, 4.69) is 20.7 Å². The van der Waals surface area contributed by atoms with Crippen molar-refractivity contribution in [2.24, 2.45) is 0 Å². The van der Waals surface area contributed by atoms with E-state index in [4.69, 9.17) is 0 Å². The number of aromatic nitrogens is 3. The van der Waals surface area contributed by atoms with Gasteiger partial charge in [-0.2, -0.15) is 5.10 Å². The van der Waals surface area contributed by atoms with Crippen molar-refractivity contribution in [3.05, 3.63) is 66.0 Å². The quantitative estimate of drug-likeness (QED) is 0.761. The molecule has 4 heterocycles. The molecule has 3 aromatic rings. The van der Waals surface area contributed by atoms with Crippen LogP contribution >= 0.6 is 11.3 Å². The lowest BCUT2D eigenvalue weighted by molar-refractivity contribution is 0.0965. The van der Waals surface area contributed by atoms with Crippen LogP contribution in [0.4, 0.5) is 0 Å². The Morgan fingerprint density at radius 3 is 2.96 bits per heavy atom. The Balaban J connectivity index is 1.64. The molecule has 0 radical (unpaired) electrons. The summed E-state index contributed by atoms with van der Waals surface area (Å²) in [6.45, 7) is 4.00. The first-order valence-corrected chi connectivity index (χ1v) is 8.77. The standard InChI is InChI=1S/C18H17N5OS/c1-11-7-15(12(2)20-8-11)22-17(24)14-9-21-23-10-16(25-18(14)23)13-3-5-19-6-4-13/h3-10,12,20H,1-2H3,(H,22,24). The van der Waals surface area contributed by atoms with E-state index in [-0.39, 0.29) is 11.9 Å². The van der Waals surface area contributed by atoms with E-state index in [1.807, 2.05) is 44.5 Å². The molecule has 1 atom stereocenters. The molecule has 7 heteroatoms. The number of hydrogen-bond acceptors (Lipinski definition) is 5. The molecule has 0 aromatic carbocycles. The minimum absolute atomic E-state index is 0.0643. The Labute approximate surface area is 148 Å². The van der Waals surface area contributed by atoms with E-state index in [1.54, 1.807) is 34.4 Å². The first-order chi connectivity index (χ1) is 12.1. The van der Waals surface area contributed by atoms with Gasteiger partial charge in [-0.15, -0.1) is 11.3 Å². The van der Waals surface area contributed by atoms with E-state index in [9.17, 15) is 4.79 Å². The van der Waals surface area contributed by atoms with Gasteiger partial charge in [-0.05, 0) is 49.4 Å². The molecular weight excluding hydrogens is 334 g/mol. The maximum atomic E-state index is 12.7. The second kappa shape index (κ2) is 6.18. The summed E-state index contributed by atoms with van der Waals surface area (Å²) in [6, 6.07) is 3.95. The number of rotatable bonds is 3. The van der Waals surface area contributed by atoms with E-state index >= 15 is 0 Å². The number of thiazole rings is 1. The molecule has 0 saturated carbocycles. The van der Waals surface area contributed by atoms with Crippen LogP contribution in [0.25, 0.3) is 15.3 Å². The summed E-state index contributed by atoms with van der Waals surface area (Å²) < 4.78 is 1.75. The van der Waals surface area contributed by atoms with Crippen molar-refractivity contribution in [3.63, 3.8) is 0 Å². The minimum atomic E-state index is -0.146. The van der Waals surface area contributed by atoms with Crippen LogP contribution in [0.2, 0.25) is 0 Å². The molecule has 3 aromatic heterocycles. The van der Waals surface area contributed by atoms with Crippen LogP contribution in [0, 0.1) is 0 Å². The minimum Gasteiger partial charge on any atom is -0.383 e. The Morgan fingerprint density at radius 2 is 2.16 bits per heavy atom. The van der Waals surface area contributed by atoms with Crippen molar-refractivity contribution in [1.29, 1.82) is 0 Å². The van der Waals surface area contributed by atoms with Crippen LogP contribution in [-0.4, -0.2) is 26.5 Å². The van der Waals surface area contributed by atoms with Crippen LogP contribution in [-0.2, 0) is 0 Å². The predicted octanol–water partition coefficient (Wildman–Crippen LogP) is 2.97. The average Bonchev–Trinajstić information content (AvgIpc) is 3.19. The van der Waals surface area contributed by atoms with Gasteiger partial charge in [0.15, 0.2) is 0 Å². The lowest BCUT2D eigenvalue weighted by Gasteiger charge is -2.21. The largest absolute Gasteiger partial charge is 0.383 e. The first-order valence-electron chi connectivity index (χ1n) is 7.95. The molecule has 1 aliphatic rings. The number of carbonyl (C=O) groups excluding carboxylic acids is 1. The average molecular weight is 351 g/mol. The van der Waals surface area contributed by atoms with Gasteiger partial charge in [0.1, 0.15) is 4.83 Å². The second-order valence-corrected chi connectivity index (χ2v) is 7.00. The van der Waals surface area contributed by atoms with Crippen LogP contribution in [0.1, 0.15) is 24.2 Å². The molecule has 126 valence electrons. The molecule has 0 spiro atoms. The third kappa shape index (κ3) is 2.94. The highest BCUT2D eigenvalue weighted by atomic mass is 32.1. The topological polar surface area (TPSA) is 71.3 Å². The molecule has 4 rings (SSSR count). The van der Waals surface area contributed by atoms with Gasteiger partial charge in [-0.3, -0.25) is 9.78 Å². The third-order valence-electron chi connectivity index (χ3n) is 4.07. The molecule has 1 unspecified atom stereocenters. The van der Waals surface area contributed by atoms with Crippen molar-refractivity contribution in [1.82, 2.24) is 25.2 Å². The fraction of sp³-hybridized carbons (Fsp3) is 0.167. The number of carbonyl (C=O) groups is 1. The van der Waals surface area contributed by atoms with Crippen LogP contribution < -0.4 is 10.6 Å². The van der Waals surface area contributed by atoms with Gasteiger partial charge in [-0.1, -0.05) is 0 Å². The normalized spacial score (nSPS) is 17.0. The van der Waals surface area contributed by atoms with Crippen LogP contribution in [0.3, 0.4) is 0 Å². The van der Waals surface area contributed by atoms with Crippen molar-refractivity contribution in [3.8, 4) is 10.4 Å². The summed E-state index contributed by atoms with van der Waals surface area (Å²) in [5.74, 6) is -0.146. The molecule has 0 bridgehead atoms. The summed E-state index contributed by atoms with van der Waals surface area (Å²) >= 11 is 1.54. The number of nitrogens with zero attached hydrogens (tertiary/aromatic N) is 3. The van der Waals surface area contributed by atoms with Gasteiger partial charge < -0.3 is 10.6 Å². The summed E-state index contributed by atoms with van der Waals surface area (Å²) in [4.78, 5) is 18.6. The molecule has 25 heavy (non-hydrogen) atoms. The molecule has 6 nitrogen and oxygen atoms in total. The third-order valence-corrected chi connectivity index (χ3v) is 5.24. The lowest BCUT2D eigenvalue weighted by atomic mass is 10.1. The van der Waals surface area contributed by atoms with Crippen molar-refractivity contribution < 1.29 is 4.79 Å². The van der Waals surface area contributed by atoms with E-state index in [0.29, 0.717) is 5.56 Å². The zero-order chi connectivity index (χ0) is 17.4. The fourth-order valence-electron chi connectivity index (χ4n) is 2.69. The SMILES string of the molecule is CC1=CNC(C)C(NC(=O)c2cnn3cc(-c4ccncc4)sc23)=C1. The monoisotopic (exact) mass is 351 g/mol. The smallest absolute Gasteiger partial charge is 0.260 e. The van der Waals surface area contributed by atoms with Crippen LogP contribution in [0.5, 0.6) is 0 Å². The van der Waals surface area contributed by atoms with Gasteiger partial charge in [0.2, 0.25) is 0 Å². The Hall–Kier alpha value is -2.93. The van der Waals surface area contributed by atoms with E-state index in [0.717, 1.165) is 26.5 Å². The number of allylic oxidation sites excluding steroid dienone is 2. The number of dihydropyridines is 1. The molecule has 1 amide bonds. The summed E-state index contributed by atoms with van der Waals surface area (Å²) in [5, 5.41) is 10.5. The maximum Gasteiger partial charge on any atom is 0.260 e. The molecule has 2 N–H and O–H groups in total. The van der Waals surface area contributed by atoms with Gasteiger partial charge >= 0.3 is 0 Å². The summed E-state index contributed by atoms with van der Waals surface area (Å²) in [5.41, 5.74) is 3.57. The zero-order valence-corrected chi connectivity index (χ0v) is 14.7. The van der Waals surface area contributed by atoms with E-state index < -0.39 is 0 Å². The van der Waals surface area contributed by atoms with Gasteiger partial charge in [-0.25, -0.2) is 4.52 Å². The van der Waals surface area contributed by atoms with Crippen molar-refractivity contribution >= 4 is 22.1 Å². The highest BCUT2D eigenvalue weighted by Crippen LogP contribution is 2.30.